The highest BCUT2D eigenvalue weighted by Gasteiger charge is 2.26. The molecule has 1 fully saturated rings. The molecule has 0 radical (unpaired) electrons. The zero-order valence-electron chi connectivity index (χ0n) is 10.5. The van der Waals surface area contributed by atoms with Crippen LogP contribution >= 0.6 is 11.8 Å². The van der Waals surface area contributed by atoms with E-state index in [0.717, 1.165) is 23.8 Å². The first-order valence-electron chi connectivity index (χ1n) is 5.82. The maximum atomic E-state index is 5.38. The van der Waals surface area contributed by atoms with Crippen molar-refractivity contribution in [3.05, 3.63) is 11.8 Å². The third-order valence-electron chi connectivity index (χ3n) is 3.15. The normalized spacial score (nSPS) is 24.8. The van der Waals surface area contributed by atoms with E-state index in [1.165, 1.54) is 0 Å². The van der Waals surface area contributed by atoms with Gasteiger partial charge in [0.1, 0.15) is 5.82 Å². The van der Waals surface area contributed by atoms with E-state index < -0.39 is 0 Å². The third kappa shape index (κ3) is 2.63. The van der Waals surface area contributed by atoms with Gasteiger partial charge in [-0.2, -0.15) is 16.7 Å². The molecule has 1 aromatic rings. The van der Waals surface area contributed by atoms with Crippen LogP contribution in [0.1, 0.15) is 19.5 Å². The van der Waals surface area contributed by atoms with Crippen LogP contribution < -0.4 is 16.2 Å². The van der Waals surface area contributed by atoms with Crippen LogP contribution in [0.15, 0.2) is 6.07 Å². The van der Waals surface area contributed by atoms with Crippen molar-refractivity contribution in [1.29, 1.82) is 0 Å². The van der Waals surface area contributed by atoms with Gasteiger partial charge < -0.3 is 4.90 Å². The van der Waals surface area contributed by atoms with E-state index in [9.17, 15) is 0 Å². The minimum atomic E-state index is 0.480. The maximum absolute atomic E-state index is 5.38. The van der Waals surface area contributed by atoms with Gasteiger partial charge in [-0.05, 0) is 13.8 Å². The Labute approximate surface area is 106 Å². The second-order valence-corrected chi connectivity index (χ2v) is 5.83. The molecule has 0 bridgehead atoms. The molecule has 2 unspecified atom stereocenters. The molecule has 0 aliphatic carbocycles. The molecule has 1 saturated heterocycles. The molecule has 0 aromatic carbocycles. The summed E-state index contributed by atoms with van der Waals surface area (Å²) in [5.74, 6) is 7.97. The van der Waals surface area contributed by atoms with E-state index in [1.807, 2.05) is 24.8 Å². The smallest absolute Gasteiger partial charge is 0.239 e. The molecule has 2 rings (SSSR count). The van der Waals surface area contributed by atoms with Crippen LogP contribution in [-0.4, -0.2) is 33.6 Å². The van der Waals surface area contributed by atoms with E-state index in [1.54, 1.807) is 0 Å². The SMILES string of the molecule is Cc1cc(N2CCSC(C)C2C)nc(NN)n1. The van der Waals surface area contributed by atoms with Crippen LogP contribution in [-0.2, 0) is 0 Å². The average molecular weight is 253 g/mol. The predicted octanol–water partition coefficient (Wildman–Crippen LogP) is 1.40. The van der Waals surface area contributed by atoms with Gasteiger partial charge >= 0.3 is 0 Å². The fourth-order valence-corrected chi connectivity index (χ4v) is 3.12. The molecule has 3 N–H and O–H groups in total. The fourth-order valence-electron chi connectivity index (χ4n) is 2.02. The van der Waals surface area contributed by atoms with Crippen molar-refractivity contribution in [2.45, 2.75) is 32.1 Å². The summed E-state index contributed by atoms with van der Waals surface area (Å²) in [6, 6.07) is 2.49. The average Bonchev–Trinajstić information content (AvgIpc) is 2.31. The lowest BCUT2D eigenvalue weighted by molar-refractivity contribution is 0.619. The number of thioether (sulfide) groups is 1. The van der Waals surface area contributed by atoms with Gasteiger partial charge in [-0.1, -0.05) is 6.92 Å². The summed E-state index contributed by atoms with van der Waals surface area (Å²) in [4.78, 5) is 11.0. The summed E-state index contributed by atoms with van der Waals surface area (Å²) in [5.41, 5.74) is 3.45. The minimum absolute atomic E-state index is 0.480. The molecule has 2 atom stereocenters. The predicted molar refractivity (Wildman–Crippen MR) is 73.3 cm³/mol. The van der Waals surface area contributed by atoms with Crippen molar-refractivity contribution in [3.8, 4) is 0 Å². The summed E-state index contributed by atoms with van der Waals surface area (Å²) < 4.78 is 0. The first kappa shape index (κ1) is 12.4. The molecule has 6 heteroatoms. The number of nitrogens with zero attached hydrogens (tertiary/aromatic N) is 3. The van der Waals surface area contributed by atoms with Crippen molar-refractivity contribution in [3.63, 3.8) is 0 Å². The largest absolute Gasteiger partial charge is 0.352 e. The van der Waals surface area contributed by atoms with E-state index in [0.29, 0.717) is 17.2 Å². The highest BCUT2D eigenvalue weighted by molar-refractivity contribution is 8.00. The number of hydrogen-bond donors (Lipinski definition) is 2. The summed E-state index contributed by atoms with van der Waals surface area (Å²) in [5, 5.41) is 0.619. The number of nitrogens with two attached hydrogens (primary N) is 1. The molecule has 2 heterocycles. The molecule has 0 saturated carbocycles. The molecule has 1 aliphatic heterocycles. The van der Waals surface area contributed by atoms with Gasteiger partial charge in [0.05, 0.1) is 0 Å². The molecule has 5 nitrogen and oxygen atoms in total. The van der Waals surface area contributed by atoms with E-state index in [-0.39, 0.29) is 0 Å². The Morgan fingerprint density at radius 3 is 2.94 bits per heavy atom. The lowest BCUT2D eigenvalue weighted by Gasteiger charge is -2.38. The highest BCUT2D eigenvalue weighted by atomic mass is 32.2. The maximum Gasteiger partial charge on any atom is 0.239 e. The van der Waals surface area contributed by atoms with Crippen LogP contribution in [0.3, 0.4) is 0 Å². The Morgan fingerprint density at radius 2 is 2.24 bits per heavy atom. The summed E-state index contributed by atoms with van der Waals surface area (Å²) in [6.07, 6.45) is 0. The lowest BCUT2D eigenvalue weighted by atomic mass is 10.2. The Bertz CT molecular complexity index is 397. The standard InChI is InChI=1S/C11H19N5S/c1-7-6-10(14-11(13-7)15-12)16-4-5-17-9(3)8(16)2/h6,8-9H,4-5,12H2,1-3H3,(H,13,14,15). The van der Waals surface area contributed by atoms with Gasteiger partial charge in [0.15, 0.2) is 0 Å². The zero-order valence-corrected chi connectivity index (χ0v) is 11.3. The Hall–Kier alpha value is -1.01. The number of aromatic nitrogens is 2. The van der Waals surface area contributed by atoms with E-state index in [2.05, 4.69) is 34.1 Å². The second-order valence-electron chi connectivity index (χ2n) is 4.35. The highest BCUT2D eigenvalue weighted by Crippen LogP contribution is 2.28. The van der Waals surface area contributed by atoms with Crippen molar-refractivity contribution in [1.82, 2.24) is 9.97 Å². The zero-order chi connectivity index (χ0) is 12.4. The van der Waals surface area contributed by atoms with Gasteiger partial charge in [-0.3, -0.25) is 5.43 Å². The molecular weight excluding hydrogens is 234 g/mol. The molecule has 1 aliphatic rings. The van der Waals surface area contributed by atoms with Crippen molar-refractivity contribution in [2.24, 2.45) is 5.84 Å². The van der Waals surface area contributed by atoms with Gasteiger partial charge in [-0.25, -0.2) is 10.8 Å². The third-order valence-corrected chi connectivity index (χ3v) is 4.49. The van der Waals surface area contributed by atoms with Crippen LogP contribution in [0.4, 0.5) is 11.8 Å². The van der Waals surface area contributed by atoms with Crippen LogP contribution in [0.5, 0.6) is 0 Å². The Kier molecular flexibility index (Phi) is 3.73. The van der Waals surface area contributed by atoms with Gasteiger partial charge in [0, 0.05) is 35.3 Å². The quantitative estimate of drug-likeness (QED) is 0.613. The van der Waals surface area contributed by atoms with E-state index in [4.69, 9.17) is 5.84 Å². The molecule has 0 spiro atoms. The minimum Gasteiger partial charge on any atom is -0.352 e. The molecule has 0 amide bonds. The first-order valence-corrected chi connectivity index (χ1v) is 6.87. The number of hydrogen-bond acceptors (Lipinski definition) is 6. The molecule has 94 valence electrons. The number of hydrazine groups is 1. The van der Waals surface area contributed by atoms with Crippen molar-refractivity contribution < 1.29 is 0 Å². The van der Waals surface area contributed by atoms with Crippen molar-refractivity contribution >= 4 is 23.5 Å². The molecule has 17 heavy (non-hydrogen) atoms. The molecule has 1 aromatic heterocycles. The van der Waals surface area contributed by atoms with Gasteiger partial charge in [0.25, 0.3) is 0 Å². The summed E-state index contributed by atoms with van der Waals surface area (Å²) in [7, 11) is 0. The topological polar surface area (TPSA) is 67.1 Å². The van der Waals surface area contributed by atoms with Crippen LogP contribution in [0.2, 0.25) is 0 Å². The van der Waals surface area contributed by atoms with Gasteiger partial charge in [0.2, 0.25) is 5.95 Å². The Balaban J connectivity index is 2.29. The fraction of sp³-hybridized carbons (Fsp3) is 0.636. The summed E-state index contributed by atoms with van der Waals surface area (Å²) >= 11 is 2.01. The first-order chi connectivity index (χ1) is 8.11. The van der Waals surface area contributed by atoms with E-state index >= 15 is 0 Å². The number of aryl methyl sites for hydroxylation is 1. The molecular formula is C11H19N5S. The van der Waals surface area contributed by atoms with Crippen molar-refractivity contribution in [2.75, 3.05) is 22.6 Å². The lowest BCUT2D eigenvalue weighted by Crippen LogP contribution is -2.45. The number of rotatable bonds is 2. The van der Waals surface area contributed by atoms with Crippen LogP contribution in [0.25, 0.3) is 0 Å². The number of nitrogens with one attached hydrogen (secondary N) is 1. The number of anilines is 2. The Morgan fingerprint density at radius 1 is 1.47 bits per heavy atom. The monoisotopic (exact) mass is 253 g/mol. The van der Waals surface area contributed by atoms with Gasteiger partial charge in [-0.15, -0.1) is 0 Å². The second kappa shape index (κ2) is 5.10. The van der Waals surface area contributed by atoms with Crippen LogP contribution in [0, 0.1) is 6.92 Å². The number of nitrogen functional groups attached to an aromatic ring is 1. The summed E-state index contributed by atoms with van der Waals surface area (Å²) in [6.45, 7) is 7.48.